The van der Waals surface area contributed by atoms with Crippen LogP contribution in [0.25, 0.3) is 21.7 Å². The summed E-state index contributed by atoms with van der Waals surface area (Å²) in [6, 6.07) is 20.1. The lowest BCUT2D eigenvalue weighted by Gasteiger charge is -2.09. The summed E-state index contributed by atoms with van der Waals surface area (Å²) in [5, 5.41) is 16.0. The number of nitro groups is 1. The topological polar surface area (TPSA) is 98.9 Å². The molecule has 0 bridgehead atoms. The molecule has 9 heteroatoms. The van der Waals surface area contributed by atoms with Crippen LogP contribution >= 0.6 is 11.3 Å². The molecular formula is C26H24N4O4S. The molecule has 0 saturated heterocycles. The molecule has 178 valence electrons. The summed E-state index contributed by atoms with van der Waals surface area (Å²) in [7, 11) is 1.60. The Hall–Kier alpha value is -4.24. The first-order valence-electron chi connectivity index (χ1n) is 10.9. The van der Waals surface area contributed by atoms with E-state index in [2.05, 4.69) is 10.5 Å². The maximum Gasteiger partial charge on any atom is 0.269 e. The van der Waals surface area contributed by atoms with Crippen LogP contribution in [0.2, 0.25) is 0 Å². The Morgan fingerprint density at radius 2 is 1.77 bits per heavy atom. The van der Waals surface area contributed by atoms with Crippen molar-refractivity contribution in [3.8, 4) is 33.2 Å². The van der Waals surface area contributed by atoms with Gasteiger partial charge in [-0.05, 0) is 55.3 Å². The minimum atomic E-state index is -0.408. The molecule has 35 heavy (non-hydrogen) atoms. The van der Waals surface area contributed by atoms with Crippen molar-refractivity contribution >= 4 is 28.4 Å². The second kappa shape index (κ2) is 10.8. The largest absolute Gasteiger partial charge is 0.493 e. The number of aromatic nitrogens is 1. The zero-order valence-corrected chi connectivity index (χ0v) is 20.3. The van der Waals surface area contributed by atoms with Crippen LogP contribution in [0.3, 0.4) is 0 Å². The second-order valence-corrected chi connectivity index (χ2v) is 8.58. The van der Waals surface area contributed by atoms with Gasteiger partial charge in [-0.15, -0.1) is 0 Å². The highest BCUT2D eigenvalue weighted by molar-refractivity contribution is 7.19. The Bertz CT molecular complexity index is 1350. The van der Waals surface area contributed by atoms with Gasteiger partial charge in [-0.3, -0.25) is 15.5 Å². The van der Waals surface area contributed by atoms with Gasteiger partial charge in [0.25, 0.3) is 5.69 Å². The molecule has 0 atom stereocenters. The van der Waals surface area contributed by atoms with Gasteiger partial charge in [-0.1, -0.05) is 41.2 Å². The number of benzene rings is 3. The van der Waals surface area contributed by atoms with Crippen molar-refractivity contribution in [2.24, 2.45) is 5.10 Å². The molecule has 1 N–H and O–H groups in total. The summed E-state index contributed by atoms with van der Waals surface area (Å²) in [5.41, 5.74) is 7.62. The number of hydrogen-bond acceptors (Lipinski definition) is 8. The van der Waals surface area contributed by atoms with E-state index >= 15 is 0 Å². The first kappa shape index (κ1) is 23.9. The fraction of sp³-hybridized carbons (Fsp3) is 0.154. The standard InChI is InChI=1S/C26H24N4O4S/c1-4-34-23-15-18(7-14-22(23)33-3)16-27-29-26-28-24(19-8-5-17(2)6-9-19)25(35-26)20-10-12-21(13-11-20)30(31)32/h5-16H,4H2,1-3H3,(H,28,29)/b27-16-. The number of nitro benzene ring substituents is 1. The van der Waals surface area contributed by atoms with E-state index in [9.17, 15) is 10.1 Å². The number of rotatable bonds is 9. The highest BCUT2D eigenvalue weighted by Crippen LogP contribution is 2.39. The van der Waals surface area contributed by atoms with Crippen LogP contribution in [-0.2, 0) is 0 Å². The van der Waals surface area contributed by atoms with Crippen molar-refractivity contribution < 1.29 is 14.4 Å². The molecule has 0 saturated carbocycles. The number of anilines is 1. The van der Waals surface area contributed by atoms with Gasteiger partial charge < -0.3 is 9.47 Å². The van der Waals surface area contributed by atoms with Crippen molar-refractivity contribution in [3.05, 3.63) is 88.0 Å². The summed E-state index contributed by atoms with van der Waals surface area (Å²) in [5.74, 6) is 1.31. The van der Waals surface area contributed by atoms with Crippen LogP contribution < -0.4 is 14.9 Å². The molecule has 0 amide bonds. The average Bonchev–Trinajstić information content (AvgIpc) is 3.29. The maximum absolute atomic E-state index is 11.1. The normalized spacial score (nSPS) is 10.9. The van der Waals surface area contributed by atoms with Gasteiger partial charge in [0, 0.05) is 17.7 Å². The fourth-order valence-corrected chi connectivity index (χ4v) is 4.35. The number of ether oxygens (including phenoxy) is 2. The van der Waals surface area contributed by atoms with E-state index in [-0.39, 0.29) is 5.69 Å². The number of hydrazone groups is 1. The van der Waals surface area contributed by atoms with E-state index in [4.69, 9.17) is 14.5 Å². The Kier molecular flexibility index (Phi) is 7.37. The number of methoxy groups -OCH3 is 1. The molecule has 0 spiro atoms. The Labute approximate surface area is 207 Å². The van der Waals surface area contributed by atoms with Gasteiger partial charge in [0.05, 0.1) is 35.4 Å². The molecule has 0 unspecified atom stereocenters. The van der Waals surface area contributed by atoms with Crippen LogP contribution in [0.15, 0.2) is 71.8 Å². The van der Waals surface area contributed by atoms with Gasteiger partial charge in [0.15, 0.2) is 11.5 Å². The summed E-state index contributed by atoms with van der Waals surface area (Å²) in [4.78, 5) is 16.3. The Morgan fingerprint density at radius 1 is 1.06 bits per heavy atom. The van der Waals surface area contributed by atoms with E-state index in [0.29, 0.717) is 23.2 Å². The Balaban J connectivity index is 1.63. The zero-order chi connectivity index (χ0) is 24.8. The minimum Gasteiger partial charge on any atom is -0.493 e. The minimum absolute atomic E-state index is 0.0454. The molecule has 4 aromatic rings. The molecule has 0 aliphatic rings. The lowest BCUT2D eigenvalue weighted by molar-refractivity contribution is -0.384. The van der Waals surface area contributed by atoms with Crippen LogP contribution in [0.1, 0.15) is 18.1 Å². The van der Waals surface area contributed by atoms with Gasteiger partial charge in [-0.25, -0.2) is 4.98 Å². The van der Waals surface area contributed by atoms with Crippen molar-refractivity contribution in [1.82, 2.24) is 4.98 Å². The van der Waals surface area contributed by atoms with E-state index in [0.717, 1.165) is 32.8 Å². The predicted octanol–water partition coefficient (Wildman–Crippen LogP) is 6.55. The second-order valence-electron chi connectivity index (χ2n) is 7.58. The monoisotopic (exact) mass is 488 g/mol. The van der Waals surface area contributed by atoms with Crippen LogP contribution in [0, 0.1) is 17.0 Å². The fourth-order valence-electron chi connectivity index (χ4n) is 3.41. The quantitative estimate of drug-likeness (QED) is 0.163. The molecule has 0 radical (unpaired) electrons. The predicted molar refractivity (Wildman–Crippen MR) is 140 cm³/mol. The first-order valence-corrected chi connectivity index (χ1v) is 11.7. The van der Waals surface area contributed by atoms with E-state index < -0.39 is 4.92 Å². The van der Waals surface area contributed by atoms with E-state index in [1.807, 2.05) is 56.3 Å². The van der Waals surface area contributed by atoms with E-state index in [1.165, 1.54) is 23.5 Å². The lowest BCUT2D eigenvalue weighted by atomic mass is 10.1. The molecule has 1 aromatic heterocycles. The number of non-ortho nitro benzene ring substituents is 1. The van der Waals surface area contributed by atoms with Crippen molar-refractivity contribution in [2.75, 3.05) is 19.1 Å². The van der Waals surface area contributed by atoms with Crippen molar-refractivity contribution in [1.29, 1.82) is 0 Å². The molecule has 1 heterocycles. The molecule has 0 aliphatic heterocycles. The summed E-state index contributed by atoms with van der Waals surface area (Å²) in [6.45, 7) is 4.47. The maximum atomic E-state index is 11.1. The average molecular weight is 489 g/mol. The van der Waals surface area contributed by atoms with Gasteiger partial charge >= 0.3 is 0 Å². The highest BCUT2D eigenvalue weighted by Gasteiger charge is 2.16. The third-order valence-electron chi connectivity index (χ3n) is 5.15. The number of nitrogens with zero attached hydrogens (tertiary/aromatic N) is 3. The first-order chi connectivity index (χ1) is 17.0. The van der Waals surface area contributed by atoms with Gasteiger partial charge in [0.1, 0.15) is 0 Å². The highest BCUT2D eigenvalue weighted by atomic mass is 32.1. The number of nitrogens with one attached hydrogen (secondary N) is 1. The smallest absolute Gasteiger partial charge is 0.269 e. The lowest BCUT2D eigenvalue weighted by Crippen LogP contribution is -1.97. The van der Waals surface area contributed by atoms with Gasteiger partial charge in [-0.2, -0.15) is 5.10 Å². The Morgan fingerprint density at radius 3 is 2.43 bits per heavy atom. The van der Waals surface area contributed by atoms with Gasteiger partial charge in [0.2, 0.25) is 5.13 Å². The molecular weight excluding hydrogens is 464 g/mol. The summed E-state index contributed by atoms with van der Waals surface area (Å²) < 4.78 is 10.9. The summed E-state index contributed by atoms with van der Waals surface area (Å²) in [6.07, 6.45) is 1.68. The molecule has 0 aliphatic carbocycles. The van der Waals surface area contributed by atoms with Crippen LogP contribution in [-0.4, -0.2) is 29.8 Å². The number of thiazole rings is 1. The zero-order valence-electron chi connectivity index (χ0n) is 19.5. The number of aryl methyl sites for hydroxylation is 1. The molecule has 4 rings (SSSR count). The number of hydrogen-bond donors (Lipinski definition) is 1. The van der Waals surface area contributed by atoms with Crippen molar-refractivity contribution in [3.63, 3.8) is 0 Å². The molecule has 8 nitrogen and oxygen atoms in total. The van der Waals surface area contributed by atoms with Crippen molar-refractivity contribution in [2.45, 2.75) is 13.8 Å². The third kappa shape index (κ3) is 5.64. The van der Waals surface area contributed by atoms with E-state index in [1.54, 1.807) is 25.5 Å². The molecule has 3 aromatic carbocycles. The molecule has 0 fully saturated rings. The van der Waals surface area contributed by atoms with Crippen LogP contribution in [0.4, 0.5) is 10.8 Å². The van der Waals surface area contributed by atoms with Crippen LogP contribution in [0.5, 0.6) is 11.5 Å². The summed E-state index contributed by atoms with van der Waals surface area (Å²) >= 11 is 1.43. The SMILES string of the molecule is CCOc1cc(/C=N\Nc2nc(-c3ccc(C)cc3)c(-c3ccc([N+](=O)[O-])cc3)s2)ccc1OC. The third-order valence-corrected chi connectivity index (χ3v) is 6.16.